The van der Waals surface area contributed by atoms with Gasteiger partial charge in [0, 0.05) is 0 Å². The van der Waals surface area contributed by atoms with Gasteiger partial charge in [0.1, 0.15) is 24.6 Å². The zero-order valence-corrected chi connectivity index (χ0v) is 15.5. The topological polar surface area (TPSA) is 69.0 Å². The molecule has 0 saturated heterocycles. The number of hydrogen-bond acceptors (Lipinski definition) is 6. The molecule has 6 heteroatoms. The molecular weight excluding hydrogens is 328 g/mol. The van der Waals surface area contributed by atoms with Crippen LogP contribution in [0.25, 0.3) is 11.4 Å². The Morgan fingerprint density at radius 1 is 0.654 bits per heavy atom. The van der Waals surface area contributed by atoms with Gasteiger partial charge in [0.15, 0.2) is 0 Å². The van der Waals surface area contributed by atoms with Crippen molar-refractivity contribution in [1.82, 2.24) is 9.97 Å². The van der Waals surface area contributed by atoms with Crippen LogP contribution in [-0.4, -0.2) is 46.1 Å². The van der Waals surface area contributed by atoms with Gasteiger partial charge in [0.2, 0.25) is 11.8 Å². The highest BCUT2D eigenvalue weighted by atomic mass is 16.5. The molecule has 0 spiro atoms. The maximum Gasteiger partial charge on any atom is 0.236 e. The first-order valence-electron chi connectivity index (χ1n) is 8.72. The van der Waals surface area contributed by atoms with Crippen LogP contribution in [-0.2, 0) is 9.47 Å². The second-order valence-electron chi connectivity index (χ2n) is 7.85. The number of aromatic nitrogens is 2. The number of aliphatic imine (C=N–C) groups is 2. The Kier molecular flexibility index (Phi) is 3.79. The minimum absolute atomic E-state index is 0.212. The highest BCUT2D eigenvalue weighted by molar-refractivity contribution is 5.95. The molecule has 0 aliphatic carbocycles. The van der Waals surface area contributed by atoms with Gasteiger partial charge < -0.3 is 9.47 Å². The average Bonchev–Trinajstić information content (AvgIpc) is 3.17. The molecule has 2 aliphatic rings. The second kappa shape index (κ2) is 5.90. The third-order valence-electron chi connectivity index (χ3n) is 4.13. The summed E-state index contributed by atoms with van der Waals surface area (Å²) in [5.74, 6) is 1.16. The van der Waals surface area contributed by atoms with E-state index in [2.05, 4.69) is 20.0 Å². The lowest BCUT2D eigenvalue weighted by molar-refractivity contribution is 0.279. The van der Waals surface area contributed by atoms with Gasteiger partial charge in [-0.25, -0.2) is 20.0 Å². The molecule has 134 valence electrons. The Labute approximate surface area is 153 Å². The van der Waals surface area contributed by atoms with Crippen molar-refractivity contribution < 1.29 is 9.47 Å². The number of nitrogens with zero attached hydrogens (tertiary/aromatic N) is 4. The summed E-state index contributed by atoms with van der Waals surface area (Å²) < 4.78 is 11.4. The molecule has 6 nitrogen and oxygen atoms in total. The molecule has 2 aromatic heterocycles. The van der Waals surface area contributed by atoms with Gasteiger partial charge >= 0.3 is 0 Å². The predicted octanol–water partition coefficient (Wildman–Crippen LogP) is 3.25. The van der Waals surface area contributed by atoms with Crippen LogP contribution in [0, 0.1) is 0 Å². The molecule has 0 bridgehead atoms. The van der Waals surface area contributed by atoms with Gasteiger partial charge in [-0.2, -0.15) is 0 Å². The van der Waals surface area contributed by atoms with Crippen molar-refractivity contribution in [3.05, 3.63) is 47.8 Å². The minimum Gasteiger partial charge on any atom is -0.474 e. The van der Waals surface area contributed by atoms with E-state index in [-0.39, 0.29) is 11.1 Å². The van der Waals surface area contributed by atoms with Crippen LogP contribution >= 0.6 is 0 Å². The Bertz CT molecular complexity index is 840. The van der Waals surface area contributed by atoms with E-state index in [0.717, 1.165) is 22.8 Å². The molecule has 2 aliphatic heterocycles. The Balaban J connectivity index is 1.67. The summed E-state index contributed by atoms with van der Waals surface area (Å²) >= 11 is 0. The third kappa shape index (κ3) is 3.31. The molecule has 0 radical (unpaired) electrons. The van der Waals surface area contributed by atoms with Gasteiger partial charge in [-0.05, 0) is 52.0 Å². The van der Waals surface area contributed by atoms with Gasteiger partial charge in [0.25, 0.3) is 0 Å². The molecule has 0 atom stereocenters. The molecule has 0 unspecified atom stereocenters. The standard InChI is InChI=1S/C20H22N4O2/c1-19(2)11-25-17(23-19)15-9-5-7-13(21-15)14-8-6-10-16(22-14)18-24-20(3,4)12-26-18/h5-10H,11-12H2,1-4H3. The van der Waals surface area contributed by atoms with Crippen LogP contribution in [0.3, 0.4) is 0 Å². The SMILES string of the molecule is CC1(C)COC(c2cccc(-c3cccc(C4=NC(C)(C)CO4)n3)n2)=N1. The van der Waals surface area contributed by atoms with E-state index >= 15 is 0 Å². The molecule has 4 rings (SSSR count). The lowest BCUT2D eigenvalue weighted by atomic mass is 10.1. The molecule has 0 fully saturated rings. The summed E-state index contributed by atoms with van der Waals surface area (Å²) in [5, 5.41) is 0. The molecule has 0 amide bonds. The highest BCUT2D eigenvalue weighted by Crippen LogP contribution is 2.23. The molecule has 4 heterocycles. The van der Waals surface area contributed by atoms with E-state index in [0.29, 0.717) is 25.0 Å². The smallest absolute Gasteiger partial charge is 0.236 e. The van der Waals surface area contributed by atoms with Crippen LogP contribution in [0.5, 0.6) is 0 Å². The van der Waals surface area contributed by atoms with E-state index in [1.165, 1.54) is 0 Å². The molecule has 2 aromatic rings. The normalized spacial score (nSPS) is 20.2. The van der Waals surface area contributed by atoms with Crippen LogP contribution in [0.2, 0.25) is 0 Å². The summed E-state index contributed by atoms with van der Waals surface area (Å²) in [5.41, 5.74) is 2.54. The summed E-state index contributed by atoms with van der Waals surface area (Å²) in [6, 6.07) is 11.5. The molecule has 26 heavy (non-hydrogen) atoms. The summed E-state index contributed by atoms with van der Waals surface area (Å²) in [6.07, 6.45) is 0. The molecular formula is C20H22N4O2. The van der Waals surface area contributed by atoms with E-state index in [1.54, 1.807) is 0 Å². The van der Waals surface area contributed by atoms with Crippen molar-refractivity contribution in [3.8, 4) is 11.4 Å². The quantitative estimate of drug-likeness (QED) is 0.852. The van der Waals surface area contributed by atoms with Crippen molar-refractivity contribution in [1.29, 1.82) is 0 Å². The lowest BCUT2D eigenvalue weighted by Crippen LogP contribution is -2.17. The Hall–Kier alpha value is -2.76. The highest BCUT2D eigenvalue weighted by Gasteiger charge is 2.29. The predicted molar refractivity (Wildman–Crippen MR) is 101 cm³/mol. The number of hydrogen-bond donors (Lipinski definition) is 0. The lowest BCUT2D eigenvalue weighted by Gasteiger charge is -2.07. The number of rotatable bonds is 3. The van der Waals surface area contributed by atoms with Gasteiger partial charge in [-0.15, -0.1) is 0 Å². The van der Waals surface area contributed by atoms with Gasteiger partial charge in [0.05, 0.1) is 22.5 Å². The van der Waals surface area contributed by atoms with Crippen LogP contribution < -0.4 is 0 Å². The number of pyridine rings is 2. The fraction of sp³-hybridized carbons (Fsp3) is 0.400. The fourth-order valence-corrected chi connectivity index (χ4v) is 2.82. The van der Waals surface area contributed by atoms with Crippen LogP contribution in [0.4, 0.5) is 0 Å². The zero-order chi connectivity index (χ0) is 18.4. The largest absolute Gasteiger partial charge is 0.474 e. The zero-order valence-electron chi connectivity index (χ0n) is 15.5. The van der Waals surface area contributed by atoms with Crippen molar-refractivity contribution in [3.63, 3.8) is 0 Å². The van der Waals surface area contributed by atoms with Crippen molar-refractivity contribution >= 4 is 11.8 Å². The van der Waals surface area contributed by atoms with Crippen molar-refractivity contribution in [2.24, 2.45) is 9.98 Å². The van der Waals surface area contributed by atoms with Crippen LogP contribution in [0.1, 0.15) is 39.1 Å². The van der Waals surface area contributed by atoms with Gasteiger partial charge in [-0.3, -0.25) is 0 Å². The average molecular weight is 350 g/mol. The summed E-state index contributed by atoms with van der Waals surface area (Å²) in [7, 11) is 0. The van der Waals surface area contributed by atoms with E-state index in [1.807, 2.05) is 64.1 Å². The van der Waals surface area contributed by atoms with Crippen molar-refractivity contribution in [2.45, 2.75) is 38.8 Å². The van der Waals surface area contributed by atoms with Crippen LogP contribution in [0.15, 0.2) is 46.4 Å². The Morgan fingerprint density at radius 3 is 1.38 bits per heavy atom. The maximum atomic E-state index is 5.70. The molecule has 0 N–H and O–H groups in total. The fourth-order valence-electron chi connectivity index (χ4n) is 2.82. The van der Waals surface area contributed by atoms with E-state index in [4.69, 9.17) is 9.47 Å². The summed E-state index contributed by atoms with van der Waals surface area (Å²) in [6.45, 7) is 9.29. The summed E-state index contributed by atoms with van der Waals surface area (Å²) in [4.78, 5) is 18.6. The van der Waals surface area contributed by atoms with E-state index in [9.17, 15) is 0 Å². The van der Waals surface area contributed by atoms with E-state index < -0.39 is 0 Å². The second-order valence-corrected chi connectivity index (χ2v) is 7.85. The molecule has 0 aromatic carbocycles. The third-order valence-corrected chi connectivity index (χ3v) is 4.13. The first-order chi connectivity index (χ1) is 12.3. The van der Waals surface area contributed by atoms with Gasteiger partial charge in [-0.1, -0.05) is 12.1 Å². The Morgan fingerprint density at radius 2 is 1.04 bits per heavy atom. The number of ether oxygens (including phenoxy) is 2. The maximum absolute atomic E-state index is 5.70. The van der Waals surface area contributed by atoms with Crippen molar-refractivity contribution in [2.75, 3.05) is 13.2 Å². The monoisotopic (exact) mass is 350 g/mol. The minimum atomic E-state index is -0.212. The first-order valence-corrected chi connectivity index (χ1v) is 8.72. The molecule has 0 saturated carbocycles. The first kappa shape index (κ1) is 16.7.